The fourth-order valence-electron chi connectivity index (χ4n) is 1.93. The van der Waals surface area contributed by atoms with E-state index in [0.29, 0.717) is 5.52 Å². The Bertz CT molecular complexity index is 775. The van der Waals surface area contributed by atoms with Crippen molar-refractivity contribution in [3.05, 3.63) is 70.8 Å². The number of fused-ring (bicyclic) bond motifs is 1. The molecule has 0 saturated carbocycles. The van der Waals surface area contributed by atoms with E-state index in [0.717, 1.165) is 15.3 Å². The summed E-state index contributed by atoms with van der Waals surface area (Å²) in [6, 6.07) is 18.5. The van der Waals surface area contributed by atoms with Gasteiger partial charge in [0.05, 0.1) is 4.92 Å². The second kappa shape index (κ2) is 5.30. The van der Waals surface area contributed by atoms with Crippen molar-refractivity contribution in [1.29, 1.82) is 0 Å². The smallest absolute Gasteiger partial charge is 0.258 e. The number of non-ortho nitro benzene ring substituents is 1. The zero-order valence-corrected chi connectivity index (χ0v) is 11.2. The number of nitro groups is 1. The van der Waals surface area contributed by atoms with Gasteiger partial charge in [0.15, 0.2) is 0 Å². The van der Waals surface area contributed by atoms with Crippen LogP contribution in [0.15, 0.2) is 70.6 Å². The Morgan fingerprint density at radius 2 is 1.75 bits per heavy atom. The Kier molecular flexibility index (Phi) is 3.35. The number of nitrogens with zero attached hydrogens (tertiary/aromatic N) is 2. The van der Waals surface area contributed by atoms with E-state index in [1.165, 1.54) is 17.8 Å². The van der Waals surface area contributed by atoms with Gasteiger partial charge in [-0.25, -0.2) is 4.98 Å². The Labute approximate surface area is 119 Å². The molecule has 3 rings (SSSR count). The third-order valence-corrected chi connectivity index (χ3v) is 3.78. The van der Waals surface area contributed by atoms with Gasteiger partial charge in [0.1, 0.15) is 10.5 Å². The van der Waals surface area contributed by atoms with Crippen molar-refractivity contribution in [3.8, 4) is 0 Å². The Balaban J connectivity index is 2.06. The molecule has 0 aliphatic rings. The second-order valence-corrected chi connectivity index (χ2v) is 5.26. The predicted octanol–water partition coefficient (Wildman–Crippen LogP) is 4.29. The van der Waals surface area contributed by atoms with Gasteiger partial charge in [-0.2, -0.15) is 0 Å². The summed E-state index contributed by atoms with van der Waals surface area (Å²) >= 11 is 1.49. The Morgan fingerprint density at radius 3 is 2.50 bits per heavy atom. The molecule has 4 nitrogen and oxygen atoms in total. The molecule has 5 heteroatoms. The zero-order chi connectivity index (χ0) is 13.9. The zero-order valence-electron chi connectivity index (χ0n) is 10.4. The minimum atomic E-state index is -0.397. The number of nitro benzene ring substituents is 1. The number of benzene rings is 2. The SMILES string of the molecule is O=[N+]([O-])c1cccc2ccc(Sc3ccccc3)nc12. The van der Waals surface area contributed by atoms with Crippen LogP contribution in [0.4, 0.5) is 5.69 Å². The molecule has 0 aliphatic heterocycles. The summed E-state index contributed by atoms with van der Waals surface area (Å²) in [5.41, 5.74) is 0.469. The van der Waals surface area contributed by atoms with Gasteiger partial charge in [0, 0.05) is 16.3 Å². The lowest BCUT2D eigenvalue weighted by atomic mass is 10.2. The van der Waals surface area contributed by atoms with Gasteiger partial charge in [-0.05, 0) is 24.3 Å². The van der Waals surface area contributed by atoms with E-state index in [2.05, 4.69) is 4.98 Å². The van der Waals surface area contributed by atoms with Gasteiger partial charge in [0.25, 0.3) is 5.69 Å². The van der Waals surface area contributed by atoms with Crippen LogP contribution < -0.4 is 0 Å². The van der Waals surface area contributed by atoms with Crippen LogP contribution in [0.5, 0.6) is 0 Å². The van der Waals surface area contributed by atoms with Crippen LogP contribution in [0, 0.1) is 10.1 Å². The molecular weight excluding hydrogens is 272 g/mol. The van der Waals surface area contributed by atoms with Crippen molar-refractivity contribution in [2.75, 3.05) is 0 Å². The molecule has 0 amide bonds. The highest BCUT2D eigenvalue weighted by atomic mass is 32.2. The van der Waals surface area contributed by atoms with Crippen LogP contribution in [0.25, 0.3) is 10.9 Å². The normalized spacial score (nSPS) is 10.6. The Hall–Kier alpha value is -2.40. The molecule has 0 radical (unpaired) electrons. The summed E-state index contributed by atoms with van der Waals surface area (Å²) in [5, 5.41) is 12.6. The number of para-hydroxylation sites is 1. The van der Waals surface area contributed by atoms with E-state index in [9.17, 15) is 10.1 Å². The topological polar surface area (TPSA) is 56.0 Å². The molecule has 0 unspecified atom stereocenters. The van der Waals surface area contributed by atoms with Gasteiger partial charge in [-0.15, -0.1) is 0 Å². The largest absolute Gasteiger partial charge is 0.295 e. The summed E-state index contributed by atoms with van der Waals surface area (Å²) in [5.74, 6) is 0. The maximum Gasteiger partial charge on any atom is 0.295 e. The molecule has 20 heavy (non-hydrogen) atoms. The first-order chi connectivity index (χ1) is 9.74. The monoisotopic (exact) mass is 282 g/mol. The van der Waals surface area contributed by atoms with Gasteiger partial charge >= 0.3 is 0 Å². The van der Waals surface area contributed by atoms with Crippen molar-refractivity contribution in [2.45, 2.75) is 9.92 Å². The lowest BCUT2D eigenvalue weighted by molar-refractivity contribution is -0.383. The van der Waals surface area contributed by atoms with Crippen molar-refractivity contribution in [2.24, 2.45) is 0 Å². The number of pyridine rings is 1. The summed E-state index contributed by atoms with van der Waals surface area (Å²) in [6.07, 6.45) is 0. The van der Waals surface area contributed by atoms with Crippen molar-refractivity contribution < 1.29 is 4.92 Å². The van der Waals surface area contributed by atoms with Gasteiger partial charge in [-0.3, -0.25) is 10.1 Å². The molecule has 3 aromatic rings. The maximum absolute atomic E-state index is 11.0. The van der Waals surface area contributed by atoms with Crippen LogP contribution in [0.2, 0.25) is 0 Å². The first kappa shape index (κ1) is 12.6. The number of hydrogen-bond acceptors (Lipinski definition) is 4. The quantitative estimate of drug-likeness (QED) is 0.531. The highest BCUT2D eigenvalue weighted by Gasteiger charge is 2.13. The predicted molar refractivity (Wildman–Crippen MR) is 79.0 cm³/mol. The molecular formula is C15H10N2O2S. The second-order valence-electron chi connectivity index (χ2n) is 4.17. The molecule has 0 atom stereocenters. The first-order valence-corrected chi connectivity index (χ1v) is 6.83. The van der Waals surface area contributed by atoms with E-state index in [1.807, 2.05) is 48.5 Å². The molecule has 0 N–H and O–H groups in total. The Morgan fingerprint density at radius 1 is 0.950 bits per heavy atom. The molecule has 1 aromatic heterocycles. The van der Waals surface area contributed by atoms with Crippen molar-refractivity contribution in [1.82, 2.24) is 4.98 Å². The van der Waals surface area contributed by atoms with Crippen LogP contribution in [0.3, 0.4) is 0 Å². The van der Waals surface area contributed by atoms with E-state index in [1.54, 1.807) is 6.07 Å². The van der Waals surface area contributed by atoms with Gasteiger partial charge < -0.3 is 0 Å². The van der Waals surface area contributed by atoms with E-state index in [4.69, 9.17) is 0 Å². The third-order valence-electron chi connectivity index (χ3n) is 2.84. The third kappa shape index (κ3) is 2.48. The minimum Gasteiger partial charge on any atom is -0.258 e. The molecule has 2 aromatic carbocycles. The van der Waals surface area contributed by atoms with Crippen LogP contribution >= 0.6 is 11.8 Å². The lowest BCUT2D eigenvalue weighted by Crippen LogP contribution is -1.92. The summed E-state index contributed by atoms with van der Waals surface area (Å²) in [6.45, 7) is 0. The number of hydrogen-bond donors (Lipinski definition) is 0. The number of aromatic nitrogens is 1. The van der Waals surface area contributed by atoms with Crippen LogP contribution in [0.1, 0.15) is 0 Å². The number of rotatable bonds is 3. The van der Waals surface area contributed by atoms with E-state index in [-0.39, 0.29) is 5.69 Å². The fourth-order valence-corrected chi connectivity index (χ4v) is 2.73. The standard InChI is InChI=1S/C15H10N2O2S/c18-17(19)13-8-4-5-11-9-10-14(16-15(11)13)20-12-6-2-1-3-7-12/h1-10H. The van der Waals surface area contributed by atoms with E-state index < -0.39 is 4.92 Å². The first-order valence-electron chi connectivity index (χ1n) is 6.01. The molecule has 1 heterocycles. The van der Waals surface area contributed by atoms with Crippen molar-refractivity contribution >= 4 is 28.4 Å². The summed E-state index contributed by atoms with van der Waals surface area (Å²) < 4.78 is 0. The molecule has 0 aliphatic carbocycles. The fraction of sp³-hybridized carbons (Fsp3) is 0. The highest BCUT2D eigenvalue weighted by molar-refractivity contribution is 7.99. The lowest BCUT2D eigenvalue weighted by Gasteiger charge is -2.03. The molecule has 98 valence electrons. The average molecular weight is 282 g/mol. The van der Waals surface area contributed by atoms with E-state index >= 15 is 0 Å². The van der Waals surface area contributed by atoms with Crippen LogP contribution in [-0.2, 0) is 0 Å². The molecule has 0 saturated heterocycles. The maximum atomic E-state index is 11.0. The van der Waals surface area contributed by atoms with Gasteiger partial charge in [0.2, 0.25) is 0 Å². The summed E-state index contributed by atoms with van der Waals surface area (Å²) in [4.78, 5) is 16.1. The average Bonchev–Trinajstić information content (AvgIpc) is 2.47. The highest BCUT2D eigenvalue weighted by Crippen LogP contribution is 2.30. The van der Waals surface area contributed by atoms with Crippen LogP contribution in [-0.4, -0.2) is 9.91 Å². The molecule has 0 spiro atoms. The van der Waals surface area contributed by atoms with Crippen molar-refractivity contribution in [3.63, 3.8) is 0 Å². The summed E-state index contributed by atoms with van der Waals surface area (Å²) in [7, 11) is 0. The molecule has 0 bridgehead atoms. The molecule has 0 fully saturated rings. The minimum absolute atomic E-state index is 0.0398. The van der Waals surface area contributed by atoms with Gasteiger partial charge in [-0.1, -0.05) is 42.1 Å².